The number of aromatic nitrogens is 3. The Kier molecular flexibility index (Phi) is 8.20. The molecule has 3 fully saturated rings. The maximum atomic E-state index is 14.4. The van der Waals surface area contributed by atoms with Crippen LogP contribution in [0.5, 0.6) is 6.01 Å². The number of fused-ring (bicyclic) bond motifs is 2. The average Bonchev–Trinajstić information content (AvgIpc) is 3.46. The van der Waals surface area contributed by atoms with E-state index in [1.54, 1.807) is 4.90 Å². The number of hydrogen-bond donors (Lipinski definition) is 1. The molecule has 45 heavy (non-hydrogen) atoms. The molecule has 0 aromatic carbocycles. The fourth-order valence-electron chi connectivity index (χ4n) is 7.97. The molecule has 5 heterocycles. The summed E-state index contributed by atoms with van der Waals surface area (Å²) < 4.78 is 63.6. The second kappa shape index (κ2) is 11.7. The third-order valence-electron chi connectivity index (χ3n) is 10.1. The molecule has 0 unspecified atom stereocenters. The summed E-state index contributed by atoms with van der Waals surface area (Å²) in [7, 11) is 1.92. The number of anilines is 2. The fraction of sp³-hybridized carbons (Fsp3) is 0.625. The van der Waals surface area contributed by atoms with Gasteiger partial charge in [0.1, 0.15) is 24.4 Å². The number of nitrogens with zero attached hydrogens (tertiary/aromatic N) is 6. The Labute approximate surface area is 260 Å². The molecule has 1 amide bonds. The number of aryl methyl sites for hydroxylation is 1. The van der Waals surface area contributed by atoms with Crippen molar-refractivity contribution in [3.05, 3.63) is 46.8 Å². The van der Waals surface area contributed by atoms with Crippen LogP contribution >= 0.6 is 0 Å². The molecule has 1 aliphatic carbocycles. The summed E-state index contributed by atoms with van der Waals surface area (Å²) in [5, 5.41) is 0. The molecule has 0 bridgehead atoms. The first-order chi connectivity index (χ1) is 21.3. The Morgan fingerprint density at radius 2 is 2.00 bits per heavy atom. The van der Waals surface area contributed by atoms with Gasteiger partial charge in [-0.15, -0.1) is 0 Å². The van der Waals surface area contributed by atoms with Crippen LogP contribution in [0.2, 0.25) is 0 Å². The van der Waals surface area contributed by atoms with E-state index in [4.69, 9.17) is 20.4 Å². The molecule has 4 aliphatic rings. The summed E-state index contributed by atoms with van der Waals surface area (Å²) in [5.41, 5.74) is 6.29. The summed E-state index contributed by atoms with van der Waals surface area (Å²) in [4.78, 5) is 31.7. The number of nitrogens with two attached hydrogens (primary N) is 1. The number of hydrogen-bond acceptors (Lipinski definition) is 8. The second-order valence-electron chi connectivity index (χ2n) is 13.4. The quantitative estimate of drug-likeness (QED) is 0.340. The topological polar surface area (TPSA) is 101 Å². The summed E-state index contributed by atoms with van der Waals surface area (Å²) >= 11 is 0. The first-order valence-electron chi connectivity index (χ1n) is 15.7. The standard InChI is InChI=1S/C32H41F4N7O2/c1-5-26(44)42-14-20(15-42)13-41(4)29-23-9-18(2)22(28-27(32(34,35)36)19(3)10-25(37)39-28)11-24(23)38-30(40-29)45-17-31-7-6-8-43(31)16-21(33)12-31/h5,10,18,20-22H,1,6-9,11-17H2,2-4H3,(H2,37,39)/t18-,21+,22-,31-/m0/s1. The fourth-order valence-corrected chi connectivity index (χ4v) is 7.97. The lowest BCUT2D eigenvalue weighted by Gasteiger charge is -2.41. The zero-order valence-corrected chi connectivity index (χ0v) is 26.0. The Balaban J connectivity index is 1.33. The zero-order chi connectivity index (χ0) is 32.3. The van der Waals surface area contributed by atoms with E-state index in [1.165, 1.54) is 19.1 Å². The lowest BCUT2D eigenvalue weighted by Crippen LogP contribution is -2.53. The first kappa shape index (κ1) is 31.5. The van der Waals surface area contributed by atoms with Crippen molar-refractivity contribution in [2.75, 3.05) is 57.0 Å². The van der Waals surface area contributed by atoms with E-state index in [1.807, 2.05) is 18.9 Å². The normalized spacial score (nSPS) is 26.7. The predicted molar refractivity (Wildman–Crippen MR) is 162 cm³/mol. The molecule has 9 nitrogen and oxygen atoms in total. The highest BCUT2D eigenvalue weighted by Gasteiger charge is 2.49. The van der Waals surface area contributed by atoms with Crippen LogP contribution in [0.4, 0.5) is 29.2 Å². The van der Waals surface area contributed by atoms with Crippen LogP contribution in [0.3, 0.4) is 0 Å². The van der Waals surface area contributed by atoms with Crippen molar-refractivity contribution in [2.24, 2.45) is 11.8 Å². The number of rotatable bonds is 8. The van der Waals surface area contributed by atoms with Crippen LogP contribution in [0.25, 0.3) is 0 Å². The van der Waals surface area contributed by atoms with Gasteiger partial charge < -0.3 is 20.3 Å². The molecule has 2 aromatic rings. The van der Waals surface area contributed by atoms with Crippen LogP contribution in [0.15, 0.2) is 18.7 Å². The third kappa shape index (κ3) is 5.95. The highest BCUT2D eigenvalue weighted by atomic mass is 19.4. The van der Waals surface area contributed by atoms with Crippen molar-refractivity contribution < 1.29 is 27.1 Å². The van der Waals surface area contributed by atoms with Gasteiger partial charge in [-0.25, -0.2) is 9.37 Å². The summed E-state index contributed by atoms with van der Waals surface area (Å²) in [6, 6.07) is 1.40. The Hall–Kier alpha value is -3.48. The zero-order valence-electron chi connectivity index (χ0n) is 26.0. The molecule has 13 heteroatoms. The molecule has 244 valence electrons. The minimum absolute atomic E-state index is 0.0442. The van der Waals surface area contributed by atoms with Crippen LogP contribution in [0, 0.1) is 18.8 Å². The second-order valence-corrected chi connectivity index (χ2v) is 13.4. The van der Waals surface area contributed by atoms with Gasteiger partial charge in [0.2, 0.25) is 5.91 Å². The minimum atomic E-state index is -4.59. The van der Waals surface area contributed by atoms with E-state index in [-0.39, 0.29) is 53.9 Å². The van der Waals surface area contributed by atoms with E-state index in [0.29, 0.717) is 50.5 Å². The molecule has 3 aliphatic heterocycles. The highest BCUT2D eigenvalue weighted by Crippen LogP contribution is 2.45. The van der Waals surface area contributed by atoms with Crippen LogP contribution in [0.1, 0.15) is 60.2 Å². The molecular weight excluding hydrogens is 590 g/mol. The number of alkyl halides is 4. The molecule has 2 aromatic heterocycles. The average molecular weight is 632 g/mol. The number of nitrogen functional groups attached to an aromatic ring is 1. The van der Waals surface area contributed by atoms with Gasteiger partial charge in [-0.2, -0.15) is 23.1 Å². The van der Waals surface area contributed by atoms with E-state index < -0.39 is 29.4 Å². The Morgan fingerprint density at radius 3 is 2.71 bits per heavy atom. The molecule has 2 N–H and O–H groups in total. The smallest absolute Gasteiger partial charge is 0.418 e. The van der Waals surface area contributed by atoms with Crippen molar-refractivity contribution >= 4 is 17.5 Å². The van der Waals surface area contributed by atoms with E-state index >= 15 is 0 Å². The van der Waals surface area contributed by atoms with Crippen molar-refractivity contribution in [1.82, 2.24) is 24.8 Å². The maximum absolute atomic E-state index is 14.4. The van der Waals surface area contributed by atoms with Crippen LogP contribution in [-0.4, -0.2) is 88.7 Å². The summed E-state index contributed by atoms with van der Waals surface area (Å²) in [6.07, 6.45) is -1.34. The van der Waals surface area contributed by atoms with E-state index in [2.05, 4.69) is 16.5 Å². The van der Waals surface area contributed by atoms with Crippen molar-refractivity contribution in [2.45, 2.75) is 69.8 Å². The number of carbonyl (C=O) groups excluding carboxylic acids is 1. The predicted octanol–water partition coefficient (Wildman–Crippen LogP) is 4.34. The van der Waals surface area contributed by atoms with E-state index in [9.17, 15) is 22.4 Å². The summed E-state index contributed by atoms with van der Waals surface area (Å²) in [6.45, 7) is 10.2. The molecule has 0 radical (unpaired) electrons. The van der Waals surface area contributed by atoms with Gasteiger partial charge in [-0.05, 0) is 62.8 Å². The van der Waals surface area contributed by atoms with Crippen molar-refractivity contribution in [3.63, 3.8) is 0 Å². The van der Waals surface area contributed by atoms with Gasteiger partial charge in [0.25, 0.3) is 0 Å². The Bertz CT molecular complexity index is 1480. The number of ether oxygens (including phenoxy) is 1. The monoisotopic (exact) mass is 631 g/mol. The number of carbonyl (C=O) groups is 1. The van der Waals surface area contributed by atoms with Gasteiger partial charge in [0.15, 0.2) is 0 Å². The number of pyridine rings is 1. The number of likely N-dealkylation sites (tertiary alicyclic amines) is 1. The van der Waals surface area contributed by atoms with Crippen LogP contribution < -0.4 is 15.4 Å². The van der Waals surface area contributed by atoms with Gasteiger partial charge >= 0.3 is 12.2 Å². The van der Waals surface area contributed by atoms with Crippen LogP contribution in [-0.2, 0) is 23.8 Å². The number of amides is 1. The first-order valence-corrected chi connectivity index (χ1v) is 15.7. The van der Waals surface area contributed by atoms with Gasteiger partial charge in [0.05, 0.1) is 22.5 Å². The third-order valence-corrected chi connectivity index (χ3v) is 10.1. The largest absolute Gasteiger partial charge is 0.461 e. The van der Waals surface area contributed by atoms with Gasteiger partial charge in [0, 0.05) is 57.0 Å². The SMILES string of the molecule is C=CC(=O)N1CC(CN(C)c2nc(OC[C@@]34CCCN3C[C@H](F)C4)nc3c2C[C@H](C)[C@@H](c2nc(N)cc(C)c2C(F)(F)F)C3)C1. The number of halogens is 4. The lowest BCUT2D eigenvalue weighted by molar-refractivity contribution is -0.139. The van der Waals surface area contributed by atoms with Crippen molar-refractivity contribution in [1.29, 1.82) is 0 Å². The molecule has 0 spiro atoms. The molecule has 4 atom stereocenters. The van der Waals surface area contributed by atoms with E-state index in [0.717, 1.165) is 24.9 Å². The Morgan fingerprint density at radius 1 is 1.24 bits per heavy atom. The highest BCUT2D eigenvalue weighted by molar-refractivity contribution is 5.87. The van der Waals surface area contributed by atoms with Gasteiger partial charge in [-0.1, -0.05) is 13.5 Å². The molecule has 6 rings (SSSR count). The lowest BCUT2D eigenvalue weighted by atomic mass is 9.75. The minimum Gasteiger partial charge on any atom is -0.461 e. The van der Waals surface area contributed by atoms with Gasteiger partial charge in [-0.3, -0.25) is 9.69 Å². The molecule has 3 saturated heterocycles. The molecular formula is C32H41F4N7O2. The molecule has 0 saturated carbocycles. The summed E-state index contributed by atoms with van der Waals surface area (Å²) in [5.74, 6) is 0.0569. The van der Waals surface area contributed by atoms with Crippen molar-refractivity contribution in [3.8, 4) is 6.01 Å². The maximum Gasteiger partial charge on any atom is 0.418 e.